The molecule has 0 fully saturated rings. The van der Waals surface area contributed by atoms with Gasteiger partial charge < -0.3 is 10.0 Å². The van der Waals surface area contributed by atoms with Crippen molar-refractivity contribution >= 4 is 17.6 Å². The topological polar surface area (TPSA) is 40.5 Å². The molecule has 0 unspecified atom stereocenters. The first-order chi connectivity index (χ1) is 9.31. The summed E-state index contributed by atoms with van der Waals surface area (Å²) >= 11 is 5.86. The van der Waals surface area contributed by atoms with Gasteiger partial charge in [0.2, 0.25) is 0 Å². The van der Waals surface area contributed by atoms with Crippen LogP contribution in [0.25, 0.3) is 0 Å². The van der Waals surface area contributed by atoms with Crippen LogP contribution >= 0.6 is 11.6 Å². The lowest BCUT2D eigenvalue weighted by Crippen LogP contribution is -2.24. The minimum atomic E-state index is -0.716. The Morgan fingerprint density at radius 1 is 1.25 bits per heavy atom. The molecule has 0 spiro atoms. The van der Waals surface area contributed by atoms with Crippen molar-refractivity contribution in [1.82, 2.24) is 4.90 Å². The van der Waals surface area contributed by atoms with Crippen LogP contribution in [0.3, 0.4) is 0 Å². The third-order valence-electron chi connectivity index (χ3n) is 3.54. The lowest BCUT2D eigenvalue weighted by atomic mass is 9.87. The highest BCUT2D eigenvalue weighted by Crippen LogP contribution is 2.23. The fourth-order valence-corrected chi connectivity index (χ4v) is 2.16. The standard InChI is InChI=1S/C16H24ClNO2/c1-16(2,15(19)20)10-4-5-11-18(3)12-13-6-8-14(17)9-7-13/h6-9H,4-5,10-12H2,1-3H3,(H,19,20). The van der Waals surface area contributed by atoms with Crippen LogP contribution in [0.4, 0.5) is 0 Å². The number of hydrogen-bond acceptors (Lipinski definition) is 2. The number of nitrogens with zero attached hydrogens (tertiary/aromatic N) is 1. The number of carboxylic acid groups (broad SMARTS) is 1. The van der Waals surface area contributed by atoms with Gasteiger partial charge in [-0.05, 0) is 58.0 Å². The van der Waals surface area contributed by atoms with E-state index in [2.05, 4.69) is 11.9 Å². The fourth-order valence-electron chi connectivity index (χ4n) is 2.04. The average molecular weight is 298 g/mol. The van der Waals surface area contributed by atoms with Gasteiger partial charge in [-0.15, -0.1) is 0 Å². The van der Waals surface area contributed by atoms with Gasteiger partial charge in [0.25, 0.3) is 0 Å². The van der Waals surface area contributed by atoms with E-state index in [0.717, 1.165) is 37.4 Å². The molecule has 1 N–H and O–H groups in total. The van der Waals surface area contributed by atoms with E-state index in [0.29, 0.717) is 0 Å². The Labute approximate surface area is 126 Å². The number of rotatable bonds is 8. The zero-order chi connectivity index (χ0) is 15.2. The maximum absolute atomic E-state index is 11.0. The van der Waals surface area contributed by atoms with E-state index >= 15 is 0 Å². The van der Waals surface area contributed by atoms with Crippen LogP contribution in [-0.2, 0) is 11.3 Å². The highest BCUT2D eigenvalue weighted by atomic mass is 35.5. The van der Waals surface area contributed by atoms with Gasteiger partial charge in [0.1, 0.15) is 0 Å². The van der Waals surface area contributed by atoms with Crippen LogP contribution in [0, 0.1) is 5.41 Å². The van der Waals surface area contributed by atoms with Crippen molar-refractivity contribution < 1.29 is 9.90 Å². The summed E-state index contributed by atoms with van der Waals surface area (Å²) in [7, 11) is 2.08. The molecule has 0 aliphatic heterocycles. The van der Waals surface area contributed by atoms with Crippen LogP contribution in [0.15, 0.2) is 24.3 Å². The van der Waals surface area contributed by atoms with Crippen LogP contribution in [0.1, 0.15) is 38.7 Å². The number of carboxylic acids is 1. The Hall–Kier alpha value is -1.06. The van der Waals surface area contributed by atoms with Crippen molar-refractivity contribution in [3.05, 3.63) is 34.9 Å². The molecule has 0 aromatic heterocycles. The molecule has 0 saturated heterocycles. The minimum Gasteiger partial charge on any atom is -0.481 e. The van der Waals surface area contributed by atoms with Gasteiger partial charge in [-0.3, -0.25) is 4.79 Å². The molecule has 0 saturated carbocycles. The average Bonchev–Trinajstić information content (AvgIpc) is 2.37. The third-order valence-corrected chi connectivity index (χ3v) is 3.79. The molecule has 0 aliphatic carbocycles. The first-order valence-electron chi connectivity index (χ1n) is 6.97. The molecule has 1 aromatic rings. The quantitative estimate of drug-likeness (QED) is 0.736. The van der Waals surface area contributed by atoms with E-state index in [1.54, 1.807) is 13.8 Å². The summed E-state index contributed by atoms with van der Waals surface area (Å²) in [6.45, 7) is 5.43. The Balaban J connectivity index is 2.25. The molecule has 4 heteroatoms. The lowest BCUT2D eigenvalue weighted by Gasteiger charge is -2.20. The molecule has 0 heterocycles. The molecular formula is C16H24ClNO2. The van der Waals surface area contributed by atoms with Crippen molar-refractivity contribution in [3.8, 4) is 0 Å². The monoisotopic (exact) mass is 297 g/mol. The predicted molar refractivity (Wildman–Crippen MR) is 83.1 cm³/mol. The highest BCUT2D eigenvalue weighted by molar-refractivity contribution is 6.30. The molecule has 20 heavy (non-hydrogen) atoms. The first kappa shape index (κ1) is 17.0. The highest BCUT2D eigenvalue weighted by Gasteiger charge is 2.25. The van der Waals surface area contributed by atoms with Crippen LogP contribution in [0.5, 0.6) is 0 Å². The summed E-state index contributed by atoms with van der Waals surface area (Å²) in [6.07, 6.45) is 2.67. The maximum Gasteiger partial charge on any atom is 0.309 e. The number of hydrogen-bond donors (Lipinski definition) is 1. The summed E-state index contributed by atoms with van der Waals surface area (Å²) < 4.78 is 0. The van der Waals surface area contributed by atoms with Crippen LogP contribution in [0.2, 0.25) is 5.02 Å². The van der Waals surface area contributed by atoms with Gasteiger partial charge in [0, 0.05) is 11.6 Å². The Morgan fingerprint density at radius 3 is 2.40 bits per heavy atom. The molecule has 0 amide bonds. The van der Waals surface area contributed by atoms with Gasteiger partial charge in [0.05, 0.1) is 5.41 Å². The van der Waals surface area contributed by atoms with E-state index in [4.69, 9.17) is 16.7 Å². The second-order valence-electron chi connectivity index (χ2n) is 6.01. The van der Waals surface area contributed by atoms with Crippen molar-refractivity contribution in [3.63, 3.8) is 0 Å². The van der Waals surface area contributed by atoms with Crippen LogP contribution in [-0.4, -0.2) is 29.6 Å². The summed E-state index contributed by atoms with van der Waals surface area (Å²) in [5, 5.41) is 9.80. The van der Waals surface area contributed by atoms with Gasteiger partial charge in [-0.2, -0.15) is 0 Å². The Kier molecular flexibility index (Phi) is 6.50. The zero-order valence-corrected chi connectivity index (χ0v) is 13.3. The van der Waals surface area contributed by atoms with E-state index < -0.39 is 11.4 Å². The molecule has 0 aliphatic rings. The first-order valence-corrected chi connectivity index (χ1v) is 7.35. The van der Waals surface area contributed by atoms with Gasteiger partial charge in [-0.25, -0.2) is 0 Å². The van der Waals surface area contributed by atoms with Gasteiger partial charge in [-0.1, -0.05) is 30.2 Å². The van der Waals surface area contributed by atoms with Crippen molar-refractivity contribution in [2.45, 2.75) is 39.7 Å². The maximum atomic E-state index is 11.0. The van der Waals surface area contributed by atoms with Crippen molar-refractivity contribution in [2.24, 2.45) is 5.41 Å². The molecule has 0 radical (unpaired) electrons. The van der Waals surface area contributed by atoms with Crippen molar-refractivity contribution in [2.75, 3.05) is 13.6 Å². The number of carbonyl (C=O) groups is 1. The molecule has 1 aromatic carbocycles. The van der Waals surface area contributed by atoms with E-state index in [1.165, 1.54) is 5.56 Å². The second-order valence-corrected chi connectivity index (χ2v) is 6.45. The SMILES string of the molecule is CN(CCCCC(C)(C)C(=O)O)Cc1ccc(Cl)cc1. The summed E-state index contributed by atoms with van der Waals surface area (Å²) in [6, 6.07) is 7.87. The van der Waals surface area contributed by atoms with E-state index in [9.17, 15) is 4.79 Å². The zero-order valence-electron chi connectivity index (χ0n) is 12.5. The number of aliphatic carboxylic acids is 1. The third kappa shape index (κ3) is 5.93. The molecule has 1 rings (SSSR count). The molecule has 0 atom stereocenters. The largest absolute Gasteiger partial charge is 0.481 e. The van der Waals surface area contributed by atoms with Gasteiger partial charge >= 0.3 is 5.97 Å². The second kappa shape index (κ2) is 7.65. The number of benzene rings is 1. The molecule has 3 nitrogen and oxygen atoms in total. The normalized spacial score (nSPS) is 11.8. The minimum absolute atomic E-state index is 0.616. The van der Waals surface area contributed by atoms with Crippen LogP contribution < -0.4 is 0 Å². The Morgan fingerprint density at radius 2 is 1.85 bits per heavy atom. The molecule has 112 valence electrons. The Bertz CT molecular complexity index is 429. The summed E-state index contributed by atoms with van der Waals surface area (Å²) in [4.78, 5) is 13.2. The summed E-state index contributed by atoms with van der Waals surface area (Å²) in [5.74, 6) is -0.716. The number of halogens is 1. The molecule has 0 bridgehead atoms. The lowest BCUT2D eigenvalue weighted by molar-refractivity contribution is -0.147. The smallest absolute Gasteiger partial charge is 0.309 e. The predicted octanol–water partition coefficient (Wildman–Crippen LogP) is 4.05. The van der Waals surface area contributed by atoms with E-state index in [-0.39, 0.29) is 0 Å². The van der Waals surface area contributed by atoms with E-state index in [1.807, 2.05) is 24.3 Å². The fraction of sp³-hybridized carbons (Fsp3) is 0.562. The summed E-state index contributed by atoms with van der Waals surface area (Å²) in [5.41, 5.74) is 0.622. The van der Waals surface area contributed by atoms with Crippen molar-refractivity contribution in [1.29, 1.82) is 0 Å². The van der Waals surface area contributed by atoms with Gasteiger partial charge in [0.15, 0.2) is 0 Å². The molecular weight excluding hydrogens is 274 g/mol. The number of unbranched alkanes of at least 4 members (excludes halogenated alkanes) is 1.